The van der Waals surface area contributed by atoms with Gasteiger partial charge < -0.3 is 4.57 Å². The van der Waals surface area contributed by atoms with E-state index in [0.717, 1.165) is 36.2 Å². The van der Waals surface area contributed by atoms with E-state index in [0.29, 0.717) is 5.69 Å². The lowest BCUT2D eigenvalue weighted by molar-refractivity contribution is 0.111. The number of aryl methyl sites for hydroxylation is 2. The highest BCUT2D eigenvalue weighted by Gasteiger charge is 2.11. The predicted molar refractivity (Wildman–Crippen MR) is 67.1 cm³/mol. The van der Waals surface area contributed by atoms with Crippen LogP contribution in [0.25, 0.3) is 0 Å². The maximum Gasteiger partial charge on any atom is 0.170 e. The van der Waals surface area contributed by atoms with Crippen LogP contribution in [-0.4, -0.2) is 15.8 Å². The van der Waals surface area contributed by atoms with E-state index in [4.69, 9.17) is 0 Å². The highest BCUT2D eigenvalue weighted by atomic mass is 19.1. The van der Waals surface area contributed by atoms with E-state index in [-0.39, 0.29) is 5.82 Å². The largest absolute Gasteiger partial charge is 0.335 e. The summed E-state index contributed by atoms with van der Waals surface area (Å²) in [5.41, 5.74) is 2.47. The number of hydrogen-bond donors (Lipinski definition) is 0. The van der Waals surface area contributed by atoms with Crippen molar-refractivity contribution in [1.82, 2.24) is 9.55 Å². The van der Waals surface area contributed by atoms with Crippen LogP contribution in [0.4, 0.5) is 4.39 Å². The van der Waals surface area contributed by atoms with Gasteiger partial charge in [-0.3, -0.25) is 4.79 Å². The van der Waals surface area contributed by atoms with Gasteiger partial charge in [0.2, 0.25) is 0 Å². The first-order chi connectivity index (χ1) is 8.61. The molecule has 18 heavy (non-hydrogen) atoms. The Balaban J connectivity index is 2.15. The molecule has 3 nitrogen and oxygen atoms in total. The molecular weight excluding hydrogens is 231 g/mol. The lowest BCUT2D eigenvalue weighted by Crippen LogP contribution is -2.02. The maximum absolute atomic E-state index is 12.8. The fourth-order valence-electron chi connectivity index (χ4n) is 1.98. The molecule has 0 saturated heterocycles. The quantitative estimate of drug-likeness (QED) is 0.777. The number of rotatable bonds is 4. The van der Waals surface area contributed by atoms with Crippen molar-refractivity contribution in [2.75, 3.05) is 0 Å². The Hall–Kier alpha value is -1.97. The highest BCUT2D eigenvalue weighted by Crippen LogP contribution is 2.12. The summed E-state index contributed by atoms with van der Waals surface area (Å²) in [7, 11) is 1.90. The molecule has 1 aromatic heterocycles. The SMILES string of the molecule is Cc1nc(C=O)c(CCc2ccc(F)cc2)n1C. The second-order valence-corrected chi connectivity index (χ2v) is 4.29. The van der Waals surface area contributed by atoms with Crippen molar-refractivity contribution in [1.29, 1.82) is 0 Å². The number of aldehydes is 1. The molecule has 0 bridgehead atoms. The molecule has 0 spiro atoms. The average Bonchev–Trinajstić information content (AvgIpc) is 2.65. The molecule has 0 aliphatic carbocycles. The van der Waals surface area contributed by atoms with E-state index in [2.05, 4.69) is 4.98 Å². The summed E-state index contributed by atoms with van der Waals surface area (Å²) in [6, 6.07) is 6.42. The molecule has 0 aliphatic heterocycles. The molecule has 0 unspecified atom stereocenters. The van der Waals surface area contributed by atoms with Crippen molar-refractivity contribution in [3.05, 3.63) is 52.9 Å². The van der Waals surface area contributed by atoms with E-state index < -0.39 is 0 Å². The Bertz CT molecular complexity index is 558. The highest BCUT2D eigenvalue weighted by molar-refractivity contribution is 5.73. The summed E-state index contributed by atoms with van der Waals surface area (Å²) in [6.07, 6.45) is 2.27. The smallest absolute Gasteiger partial charge is 0.170 e. The van der Waals surface area contributed by atoms with Crippen LogP contribution in [0.1, 0.15) is 27.6 Å². The minimum Gasteiger partial charge on any atom is -0.335 e. The van der Waals surface area contributed by atoms with Gasteiger partial charge in [-0.05, 0) is 37.5 Å². The first kappa shape index (κ1) is 12.5. The topological polar surface area (TPSA) is 34.9 Å². The predicted octanol–water partition coefficient (Wildman–Crippen LogP) is 2.47. The van der Waals surface area contributed by atoms with Crippen LogP contribution in [0.5, 0.6) is 0 Å². The number of benzene rings is 1. The maximum atomic E-state index is 12.8. The van der Waals surface area contributed by atoms with Crippen molar-refractivity contribution in [3.63, 3.8) is 0 Å². The number of nitrogens with zero attached hydrogens (tertiary/aromatic N) is 2. The van der Waals surface area contributed by atoms with Crippen LogP contribution in [0, 0.1) is 12.7 Å². The van der Waals surface area contributed by atoms with E-state index in [1.807, 2.05) is 18.5 Å². The van der Waals surface area contributed by atoms with Crippen molar-refractivity contribution < 1.29 is 9.18 Å². The van der Waals surface area contributed by atoms with Crippen LogP contribution >= 0.6 is 0 Å². The first-order valence-electron chi connectivity index (χ1n) is 5.83. The van der Waals surface area contributed by atoms with E-state index in [9.17, 15) is 9.18 Å². The Morgan fingerprint density at radius 2 is 1.94 bits per heavy atom. The second kappa shape index (κ2) is 5.12. The molecule has 1 heterocycles. The van der Waals surface area contributed by atoms with Crippen LogP contribution in [0.2, 0.25) is 0 Å². The van der Waals surface area contributed by atoms with Gasteiger partial charge in [0, 0.05) is 12.7 Å². The van der Waals surface area contributed by atoms with Crippen molar-refractivity contribution in [3.8, 4) is 0 Å². The van der Waals surface area contributed by atoms with E-state index in [1.54, 1.807) is 12.1 Å². The monoisotopic (exact) mass is 246 g/mol. The molecule has 0 radical (unpaired) electrons. The number of imidazole rings is 1. The van der Waals surface area contributed by atoms with Gasteiger partial charge in [-0.1, -0.05) is 12.1 Å². The number of halogens is 1. The van der Waals surface area contributed by atoms with Crippen molar-refractivity contribution >= 4 is 6.29 Å². The molecule has 2 aromatic rings. The molecule has 0 aliphatic rings. The number of aromatic nitrogens is 2. The molecule has 4 heteroatoms. The van der Waals surface area contributed by atoms with Gasteiger partial charge in [0.25, 0.3) is 0 Å². The van der Waals surface area contributed by atoms with Gasteiger partial charge in [-0.15, -0.1) is 0 Å². The molecular formula is C14H15FN2O. The normalized spacial score (nSPS) is 10.6. The minimum absolute atomic E-state index is 0.233. The standard InChI is InChI=1S/C14H15FN2O/c1-10-16-13(9-18)14(17(10)2)8-5-11-3-6-12(15)7-4-11/h3-4,6-7,9H,5,8H2,1-2H3. The minimum atomic E-state index is -0.233. The van der Waals surface area contributed by atoms with Crippen molar-refractivity contribution in [2.24, 2.45) is 7.05 Å². The zero-order chi connectivity index (χ0) is 13.1. The van der Waals surface area contributed by atoms with Crippen LogP contribution in [0.3, 0.4) is 0 Å². The Labute approximate surface area is 105 Å². The molecule has 0 N–H and O–H groups in total. The Kier molecular flexibility index (Phi) is 3.55. The summed E-state index contributed by atoms with van der Waals surface area (Å²) in [5, 5.41) is 0. The zero-order valence-electron chi connectivity index (χ0n) is 10.5. The van der Waals surface area contributed by atoms with Gasteiger partial charge in [-0.2, -0.15) is 0 Å². The second-order valence-electron chi connectivity index (χ2n) is 4.29. The van der Waals surface area contributed by atoms with Gasteiger partial charge in [0.05, 0.1) is 0 Å². The van der Waals surface area contributed by atoms with Gasteiger partial charge >= 0.3 is 0 Å². The third kappa shape index (κ3) is 2.47. The van der Waals surface area contributed by atoms with E-state index >= 15 is 0 Å². The Morgan fingerprint density at radius 3 is 2.56 bits per heavy atom. The van der Waals surface area contributed by atoms with Gasteiger partial charge in [-0.25, -0.2) is 9.37 Å². The van der Waals surface area contributed by atoms with Crippen LogP contribution < -0.4 is 0 Å². The average molecular weight is 246 g/mol. The molecule has 2 rings (SSSR count). The summed E-state index contributed by atoms with van der Waals surface area (Å²) >= 11 is 0. The lowest BCUT2D eigenvalue weighted by Gasteiger charge is -2.05. The third-order valence-electron chi connectivity index (χ3n) is 3.14. The summed E-state index contributed by atoms with van der Waals surface area (Å²) in [4.78, 5) is 15.1. The fraction of sp³-hybridized carbons (Fsp3) is 0.286. The van der Waals surface area contributed by atoms with Crippen molar-refractivity contribution in [2.45, 2.75) is 19.8 Å². The molecule has 94 valence electrons. The fourth-order valence-corrected chi connectivity index (χ4v) is 1.98. The summed E-state index contributed by atoms with van der Waals surface area (Å²) in [5.74, 6) is 0.593. The number of carbonyl (C=O) groups excluding carboxylic acids is 1. The summed E-state index contributed by atoms with van der Waals surface area (Å²) in [6.45, 7) is 1.87. The molecule has 1 aromatic carbocycles. The zero-order valence-corrected chi connectivity index (χ0v) is 10.5. The number of carbonyl (C=O) groups is 1. The van der Waals surface area contributed by atoms with Crippen LogP contribution in [0.15, 0.2) is 24.3 Å². The summed E-state index contributed by atoms with van der Waals surface area (Å²) < 4.78 is 14.7. The first-order valence-corrected chi connectivity index (χ1v) is 5.83. The van der Waals surface area contributed by atoms with Crippen LogP contribution in [-0.2, 0) is 19.9 Å². The third-order valence-corrected chi connectivity index (χ3v) is 3.14. The Morgan fingerprint density at radius 1 is 1.28 bits per heavy atom. The molecule has 0 atom stereocenters. The lowest BCUT2D eigenvalue weighted by atomic mass is 10.1. The number of hydrogen-bond acceptors (Lipinski definition) is 2. The molecule has 0 saturated carbocycles. The van der Waals surface area contributed by atoms with Gasteiger partial charge in [0.15, 0.2) is 6.29 Å². The molecule has 0 amide bonds. The van der Waals surface area contributed by atoms with Gasteiger partial charge in [0.1, 0.15) is 17.3 Å². The van der Waals surface area contributed by atoms with E-state index in [1.165, 1.54) is 12.1 Å². The molecule has 0 fully saturated rings.